The smallest absolute Gasteiger partial charge is 0.162 e. The Kier molecular flexibility index (Phi) is 4.09. The van der Waals surface area contributed by atoms with Gasteiger partial charge in [0.15, 0.2) is 11.5 Å². The minimum absolute atomic E-state index is 0.258. The van der Waals surface area contributed by atoms with Gasteiger partial charge in [0.05, 0.1) is 5.38 Å². The quantitative estimate of drug-likeness (QED) is 0.692. The highest BCUT2D eigenvalue weighted by Crippen LogP contribution is 2.41. The van der Waals surface area contributed by atoms with Crippen molar-refractivity contribution in [2.24, 2.45) is 0 Å². The molecule has 0 aromatic heterocycles. The molecule has 2 nitrogen and oxygen atoms in total. The molecule has 0 spiro atoms. The van der Waals surface area contributed by atoms with E-state index in [1.165, 1.54) is 6.07 Å². The molecule has 0 N–H and O–H groups in total. The Hall–Kier alpha value is -1.26. The lowest BCUT2D eigenvalue weighted by Crippen LogP contribution is -2.15. The molecule has 0 bridgehead atoms. The molecular formula is C16H13BrClFO2. The van der Waals surface area contributed by atoms with Gasteiger partial charge in [0.2, 0.25) is 0 Å². The molecular weight excluding hydrogens is 359 g/mol. The summed E-state index contributed by atoms with van der Waals surface area (Å²) >= 11 is 10.0. The maximum atomic E-state index is 13.7. The van der Waals surface area contributed by atoms with E-state index in [0.717, 1.165) is 10.0 Å². The lowest BCUT2D eigenvalue weighted by Gasteiger charge is -2.21. The van der Waals surface area contributed by atoms with Crippen LogP contribution in [0.2, 0.25) is 0 Å². The van der Waals surface area contributed by atoms with Crippen LogP contribution in [0.3, 0.4) is 0 Å². The van der Waals surface area contributed by atoms with Crippen molar-refractivity contribution < 1.29 is 13.9 Å². The first-order valence-corrected chi connectivity index (χ1v) is 7.78. The number of halogens is 3. The molecule has 1 heterocycles. The van der Waals surface area contributed by atoms with Crippen molar-refractivity contribution >= 4 is 27.5 Å². The van der Waals surface area contributed by atoms with E-state index < -0.39 is 5.38 Å². The van der Waals surface area contributed by atoms with Crippen LogP contribution in [0, 0.1) is 12.7 Å². The molecule has 1 aliphatic heterocycles. The highest BCUT2D eigenvalue weighted by Gasteiger charge is 2.20. The number of benzene rings is 2. The maximum Gasteiger partial charge on any atom is 0.162 e. The van der Waals surface area contributed by atoms with E-state index in [1.807, 2.05) is 18.2 Å². The molecule has 21 heavy (non-hydrogen) atoms. The van der Waals surface area contributed by atoms with Crippen LogP contribution in [0.15, 0.2) is 34.8 Å². The highest BCUT2D eigenvalue weighted by molar-refractivity contribution is 9.10. The molecule has 0 fully saturated rings. The summed E-state index contributed by atoms with van der Waals surface area (Å²) in [5, 5.41) is -0.467. The Bertz CT molecular complexity index is 690. The van der Waals surface area contributed by atoms with E-state index in [9.17, 15) is 4.39 Å². The molecule has 1 aliphatic rings. The van der Waals surface area contributed by atoms with E-state index in [1.54, 1.807) is 13.0 Å². The molecule has 0 saturated heterocycles. The SMILES string of the molecule is Cc1ccc(C(Cl)c2cc3c(cc2Br)OCCO3)cc1F. The average Bonchev–Trinajstić information content (AvgIpc) is 2.48. The summed E-state index contributed by atoms with van der Waals surface area (Å²) in [7, 11) is 0. The van der Waals surface area contributed by atoms with Crippen molar-refractivity contribution in [2.45, 2.75) is 12.3 Å². The zero-order chi connectivity index (χ0) is 15.0. The second kappa shape index (κ2) is 5.85. The predicted octanol–water partition coefficient (Wildman–Crippen LogP) is 5.00. The number of alkyl halides is 1. The molecule has 2 aromatic carbocycles. The summed E-state index contributed by atoms with van der Waals surface area (Å²) in [5.74, 6) is 1.10. The normalized spacial score (nSPS) is 14.9. The van der Waals surface area contributed by atoms with E-state index in [-0.39, 0.29) is 5.82 Å². The highest BCUT2D eigenvalue weighted by atomic mass is 79.9. The summed E-state index contributed by atoms with van der Waals surface area (Å²) in [5.41, 5.74) is 2.13. The van der Waals surface area contributed by atoms with Gasteiger partial charge in [-0.15, -0.1) is 11.6 Å². The Morgan fingerprint density at radius 1 is 1.14 bits per heavy atom. The standard InChI is InChI=1S/C16H13BrClFO2/c1-9-2-3-10(6-13(9)19)16(18)11-7-14-15(8-12(11)17)21-5-4-20-14/h2-3,6-8,16H,4-5H2,1H3. The van der Waals surface area contributed by atoms with Gasteiger partial charge in [-0.3, -0.25) is 0 Å². The number of fused-ring (bicyclic) bond motifs is 1. The van der Waals surface area contributed by atoms with Gasteiger partial charge >= 0.3 is 0 Å². The fourth-order valence-electron chi connectivity index (χ4n) is 2.22. The van der Waals surface area contributed by atoms with Crippen LogP contribution >= 0.6 is 27.5 Å². The summed E-state index contributed by atoms with van der Waals surface area (Å²) < 4.78 is 25.6. The monoisotopic (exact) mass is 370 g/mol. The second-order valence-corrected chi connectivity index (χ2v) is 6.18. The van der Waals surface area contributed by atoms with Crippen LogP contribution in [0.1, 0.15) is 22.1 Å². The number of hydrogen-bond acceptors (Lipinski definition) is 2. The zero-order valence-corrected chi connectivity index (χ0v) is 13.7. The molecule has 0 saturated carbocycles. The summed E-state index contributed by atoms with van der Waals surface area (Å²) in [6, 6.07) is 8.71. The van der Waals surface area contributed by atoms with Crippen LogP contribution in [0.5, 0.6) is 11.5 Å². The minimum atomic E-state index is -0.467. The topological polar surface area (TPSA) is 18.5 Å². The van der Waals surface area contributed by atoms with Gasteiger partial charge in [-0.1, -0.05) is 28.1 Å². The van der Waals surface area contributed by atoms with Crippen molar-refractivity contribution in [1.29, 1.82) is 0 Å². The molecule has 0 aliphatic carbocycles. The van der Waals surface area contributed by atoms with Gasteiger partial charge < -0.3 is 9.47 Å². The van der Waals surface area contributed by atoms with Crippen LogP contribution in [-0.2, 0) is 0 Å². The Morgan fingerprint density at radius 2 is 1.81 bits per heavy atom. The first kappa shape index (κ1) is 14.7. The van der Waals surface area contributed by atoms with Gasteiger partial charge in [0.25, 0.3) is 0 Å². The molecule has 1 atom stereocenters. The predicted molar refractivity (Wildman–Crippen MR) is 84.0 cm³/mol. The van der Waals surface area contributed by atoms with Crippen molar-refractivity contribution in [3.8, 4) is 11.5 Å². The number of hydrogen-bond donors (Lipinski definition) is 0. The molecule has 3 rings (SSSR count). The van der Waals surface area contributed by atoms with Gasteiger partial charge in [0, 0.05) is 4.47 Å². The van der Waals surface area contributed by atoms with Gasteiger partial charge in [-0.25, -0.2) is 4.39 Å². The van der Waals surface area contributed by atoms with Crippen LogP contribution < -0.4 is 9.47 Å². The summed E-state index contributed by atoms with van der Waals surface area (Å²) in [4.78, 5) is 0. The number of rotatable bonds is 2. The Labute approximate surface area is 136 Å². The van der Waals surface area contributed by atoms with E-state index in [4.69, 9.17) is 21.1 Å². The molecule has 0 radical (unpaired) electrons. The van der Waals surface area contributed by atoms with E-state index in [0.29, 0.717) is 35.8 Å². The molecule has 5 heteroatoms. The third kappa shape index (κ3) is 2.87. The van der Waals surface area contributed by atoms with E-state index >= 15 is 0 Å². The number of aryl methyl sites for hydroxylation is 1. The lowest BCUT2D eigenvalue weighted by molar-refractivity contribution is 0.171. The molecule has 1 unspecified atom stereocenters. The first-order chi connectivity index (χ1) is 10.1. The van der Waals surface area contributed by atoms with Crippen molar-refractivity contribution in [3.63, 3.8) is 0 Å². The molecule has 0 amide bonds. The van der Waals surface area contributed by atoms with Gasteiger partial charge in [-0.2, -0.15) is 0 Å². The average molecular weight is 372 g/mol. The van der Waals surface area contributed by atoms with Crippen molar-refractivity contribution in [2.75, 3.05) is 13.2 Å². The van der Waals surface area contributed by atoms with Crippen LogP contribution in [0.4, 0.5) is 4.39 Å². The fourth-order valence-corrected chi connectivity index (χ4v) is 3.22. The maximum absolute atomic E-state index is 13.7. The second-order valence-electron chi connectivity index (χ2n) is 4.89. The third-order valence-electron chi connectivity index (χ3n) is 3.42. The zero-order valence-electron chi connectivity index (χ0n) is 11.3. The lowest BCUT2D eigenvalue weighted by atomic mass is 10.0. The van der Waals surface area contributed by atoms with Crippen molar-refractivity contribution in [1.82, 2.24) is 0 Å². The minimum Gasteiger partial charge on any atom is -0.486 e. The van der Waals surface area contributed by atoms with Gasteiger partial charge in [-0.05, 0) is 41.8 Å². The first-order valence-electron chi connectivity index (χ1n) is 6.55. The third-order valence-corrected chi connectivity index (χ3v) is 4.60. The van der Waals surface area contributed by atoms with Crippen LogP contribution in [0.25, 0.3) is 0 Å². The molecule has 110 valence electrons. The Morgan fingerprint density at radius 3 is 2.48 bits per heavy atom. The van der Waals surface area contributed by atoms with Gasteiger partial charge in [0.1, 0.15) is 19.0 Å². The van der Waals surface area contributed by atoms with Crippen molar-refractivity contribution in [3.05, 3.63) is 57.3 Å². The van der Waals surface area contributed by atoms with Crippen LogP contribution in [-0.4, -0.2) is 13.2 Å². The Balaban J connectivity index is 2.00. The molecule has 2 aromatic rings. The summed E-state index contributed by atoms with van der Waals surface area (Å²) in [6.45, 7) is 2.77. The fraction of sp³-hybridized carbons (Fsp3) is 0.250. The van der Waals surface area contributed by atoms with E-state index in [2.05, 4.69) is 15.9 Å². The number of ether oxygens (including phenoxy) is 2. The summed E-state index contributed by atoms with van der Waals surface area (Å²) in [6.07, 6.45) is 0. The largest absolute Gasteiger partial charge is 0.486 e.